The molecule has 0 aliphatic carbocycles. The van der Waals surface area contributed by atoms with Crippen LogP contribution in [-0.4, -0.2) is 41.6 Å². The Hall–Kier alpha value is -1.63. The van der Waals surface area contributed by atoms with Gasteiger partial charge >= 0.3 is 5.97 Å². The summed E-state index contributed by atoms with van der Waals surface area (Å²) in [6, 6.07) is -1.02. The molecule has 0 aromatic rings. The fraction of sp³-hybridized carbons (Fsp3) is 0.786. The van der Waals surface area contributed by atoms with Crippen molar-refractivity contribution in [2.45, 2.75) is 52.7 Å². The number of aliphatic hydroxyl groups excluding tert-OH is 1. The van der Waals surface area contributed by atoms with E-state index in [0.717, 1.165) is 0 Å². The Labute approximate surface area is 125 Å². The summed E-state index contributed by atoms with van der Waals surface area (Å²) in [6.07, 6.45) is -0.885. The predicted octanol–water partition coefficient (Wildman–Crippen LogP) is -0.0472. The molecule has 0 unspecified atom stereocenters. The minimum absolute atomic E-state index is 0.0360. The fourth-order valence-corrected chi connectivity index (χ4v) is 1.80. The van der Waals surface area contributed by atoms with Crippen LogP contribution in [0.15, 0.2) is 0 Å². The molecule has 4 N–H and O–H groups in total. The molecule has 0 aliphatic heterocycles. The van der Waals surface area contributed by atoms with Gasteiger partial charge in [-0.3, -0.25) is 14.4 Å². The number of nitrogens with one attached hydrogen (secondary N) is 1. The Morgan fingerprint density at radius 2 is 1.76 bits per heavy atom. The number of carbonyl (C=O) groups is 3. The molecule has 0 radical (unpaired) electrons. The topological polar surface area (TPSA) is 119 Å². The van der Waals surface area contributed by atoms with Crippen LogP contribution < -0.4 is 11.1 Å². The average molecular weight is 302 g/mol. The summed E-state index contributed by atoms with van der Waals surface area (Å²) in [7, 11) is 0. The molecule has 21 heavy (non-hydrogen) atoms. The second-order valence-electron chi connectivity index (χ2n) is 5.50. The standard InChI is InChI=1S/C14H26N2O5/c1-5-21-14(20)9(4)7-10(12(15)18)16-13(19)11(17)6-8(2)3/h8-11,17H,5-7H2,1-4H3,(H2,15,18)(H,16,19)/t9-,10-,11+/m0/s1. The van der Waals surface area contributed by atoms with Gasteiger partial charge in [0, 0.05) is 0 Å². The summed E-state index contributed by atoms with van der Waals surface area (Å²) >= 11 is 0. The molecular weight excluding hydrogens is 276 g/mol. The Kier molecular flexibility index (Phi) is 8.61. The lowest BCUT2D eigenvalue weighted by atomic mass is 10.00. The molecule has 0 bridgehead atoms. The third-order valence-corrected chi connectivity index (χ3v) is 2.94. The number of primary amides is 1. The van der Waals surface area contributed by atoms with E-state index in [9.17, 15) is 19.5 Å². The van der Waals surface area contributed by atoms with E-state index < -0.39 is 35.8 Å². The zero-order chi connectivity index (χ0) is 16.6. The minimum Gasteiger partial charge on any atom is -0.466 e. The highest BCUT2D eigenvalue weighted by Crippen LogP contribution is 2.10. The van der Waals surface area contributed by atoms with Crippen molar-refractivity contribution < 1.29 is 24.2 Å². The van der Waals surface area contributed by atoms with Crippen LogP contribution >= 0.6 is 0 Å². The molecule has 0 rings (SSSR count). The van der Waals surface area contributed by atoms with Crippen LogP contribution in [0.2, 0.25) is 0 Å². The maximum Gasteiger partial charge on any atom is 0.308 e. The molecule has 3 atom stereocenters. The summed E-state index contributed by atoms with van der Waals surface area (Å²) in [4.78, 5) is 34.7. The third kappa shape index (κ3) is 7.65. The van der Waals surface area contributed by atoms with Gasteiger partial charge in [0.2, 0.25) is 11.8 Å². The monoisotopic (exact) mass is 302 g/mol. The Balaban J connectivity index is 4.59. The summed E-state index contributed by atoms with van der Waals surface area (Å²) in [6.45, 7) is 7.24. The normalized spacial score (nSPS) is 15.1. The van der Waals surface area contributed by atoms with Crippen LogP contribution in [0.1, 0.15) is 40.5 Å². The Morgan fingerprint density at radius 1 is 1.19 bits per heavy atom. The van der Waals surface area contributed by atoms with E-state index in [2.05, 4.69) is 5.32 Å². The van der Waals surface area contributed by atoms with Gasteiger partial charge in [-0.15, -0.1) is 0 Å². The summed E-state index contributed by atoms with van der Waals surface area (Å²) in [5.74, 6) is -2.32. The largest absolute Gasteiger partial charge is 0.466 e. The van der Waals surface area contributed by atoms with Crippen LogP contribution in [0, 0.1) is 11.8 Å². The zero-order valence-corrected chi connectivity index (χ0v) is 13.1. The van der Waals surface area contributed by atoms with Gasteiger partial charge in [-0.2, -0.15) is 0 Å². The lowest BCUT2D eigenvalue weighted by Gasteiger charge is -2.21. The fourth-order valence-electron chi connectivity index (χ4n) is 1.80. The Morgan fingerprint density at radius 3 is 2.19 bits per heavy atom. The molecule has 7 heteroatoms. The quantitative estimate of drug-likeness (QED) is 0.516. The first-order chi connectivity index (χ1) is 9.68. The Bertz CT molecular complexity index is 370. The molecule has 0 aliphatic rings. The van der Waals surface area contributed by atoms with Crippen molar-refractivity contribution in [1.29, 1.82) is 0 Å². The molecule has 0 spiro atoms. The molecular formula is C14H26N2O5. The van der Waals surface area contributed by atoms with E-state index in [1.165, 1.54) is 0 Å². The second-order valence-corrected chi connectivity index (χ2v) is 5.50. The second kappa shape index (κ2) is 9.33. The molecule has 122 valence electrons. The minimum atomic E-state index is -1.20. The average Bonchev–Trinajstić information content (AvgIpc) is 2.36. The van der Waals surface area contributed by atoms with Gasteiger partial charge < -0.3 is 20.9 Å². The zero-order valence-electron chi connectivity index (χ0n) is 13.1. The molecule has 0 saturated carbocycles. The number of esters is 1. The summed E-state index contributed by atoms with van der Waals surface area (Å²) in [5.41, 5.74) is 5.22. The molecule has 0 aromatic carbocycles. The van der Waals surface area contributed by atoms with E-state index >= 15 is 0 Å². The summed E-state index contributed by atoms with van der Waals surface area (Å²) < 4.78 is 4.84. The number of carbonyl (C=O) groups excluding carboxylic acids is 3. The number of nitrogens with two attached hydrogens (primary N) is 1. The van der Waals surface area contributed by atoms with E-state index in [1.807, 2.05) is 13.8 Å². The molecule has 0 saturated heterocycles. The van der Waals surface area contributed by atoms with Crippen molar-refractivity contribution in [2.75, 3.05) is 6.61 Å². The van der Waals surface area contributed by atoms with Gasteiger partial charge in [0.25, 0.3) is 0 Å². The lowest BCUT2D eigenvalue weighted by Crippen LogP contribution is -2.49. The number of rotatable bonds is 9. The van der Waals surface area contributed by atoms with Gasteiger partial charge in [0.05, 0.1) is 12.5 Å². The molecule has 0 fully saturated rings. The van der Waals surface area contributed by atoms with E-state index in [0.29, 0.717) is 0 Å². The van der Waals surface area contributed by atoms with Crippen molar-refractivity contribution in [3.63, 3.8) is 0 Å². The van der Waals surface area contributed by atoms with Crippen molar-refractivity contribution in [2.24, 2.45) is 17.6 Å². The molecule has 2 amide bonds. The summed E-state index contributed by atoms with van der Waals surface area (Å²) in [5, 5.41) is 12.1. The number of amides is 2. The predicted molar refractivity (Wildman–Crippen MR) is 77.0 cm³/mol. The van der Waals surface area contributed by atoms with Crippen molar-refractivity contribution in [3.8, 4) is 0 Å². The highest BCUT2D eigenvalue weighted by Gasteiger charge is 2.27. The SMILES string of the molecule is CCOC(=O)[C@@H](C)C[C@H](NC(=O)[C@H](O)CC(C)C)C(N)=O. The van der Waals surface area contributed by atoms with Crippen LogP contribution in [0.25, 0.3) is 0 Å². The van der Waals surface area contributed by atoms with Crippen LogP contribution in [-0.2, 0) is 19.1 Å². The van der Waals surface area contributed by atoms with E-state index in [4.69, 9.17) is 10.5 Å². The first kappa shape index (κ1) is 19.4. The first-order valence-electron chi connectivity index (χ1n) is 7.13. The molecule has 7 nitrogen and oxygen atoms in total. The number of hydrogen-bond acceptors (Lipinski definition) is 5. The highest BCUT2D eigenvalue weighted by molar-refractivity contribution is 5.88. The van der Waals surface area contributed by atoms with Crippen molar-refractivity contribution in [1.82, 2.24) is 5.32 Å². The van der Waals surface area contributed by atoms with Gasteiger partial charge in [0.1, 0.15) is 12.1 Å². The van der Waals surface area contributed by atoms with E-state index in [-0.39, 0.29) is 25.4 Å². The highest BCUT2D eigenvalue weighted by atomic mass is 16.5. The number of aliphatic hydroxyl groups is 1. The number of hydrogen-bond donors (Lipinski definition) is 3. The van der Waals surface area contributed by atoms with Crippen molar-refractivity contribution >= 4 is 17.8 Å². The van der Waals surface area contributed by atoms with Crippen LogP contribution in [0.5, 0.6) is 0 Å². The van der Waals surface area contributed by atoms with Crippen molar-refractivity contribution in [3.05, 3.63) is 0 Å². The van der Waals surface area contributed by atoms with Crippen LogP contribution in [0.4, 0.5) is 0 Å². The molecule has 0 heterocycles. The van der Waals surface area contributed by atoms with Gasteiger partial charge in [0.15, 0.2) is 0 Å². The first-order valence-corrected chi connectivity index (χ1v) is 7.13. The van der Waals surface area contributed by atoms with E-state index in [1.54, 1.807) is 13.8 Å². The maximum atomic E-state index is 11.8. The van der Waals surface area contributed by atoms with Crippen LogP contribution in [0.3, 0.4) is 0 Å². The van der Waals surface area contributed by atoms with Gasteiger partial charge in [-0.05, 0) is 25.7 Å². The number of ether oxygens (including phenoxy) is 1. The van der Waals surface area contributed by atoms with Gasteiger partial charge in [-0.25, -0.2) is 0 Å². The smallest absolute Gasteiger partial charge is 0.308 e. The van der Waals surface area contributed by atoms with Gasteiger partial charge in [-0.1, -0.05) is 20.8 Å². The molecule has 0 aromatic heterocycles. The maximum absolute atomic E-state index is 11.8. The third-order valence-electron chi connectivity index (χ3n) is 2.94. The lowest BCUT2D eigenvalue weighted by molar-refractivity contribution is -0.148.